The van der Waals surface area contributed by atoms with Crippen molar-refractivity contribution in [2.45, 2.75) is 38.0 Å². The Labute approximate surface area is 178 Å². The number of aryl methyl sites for hydroxylation is 1. The average molecular weight is 430 g/mol. The molecule has 1 unspecified atom stereocenters. The predicted octanol–water partition coefficient (Wildman–Crippen LogP) is 4.34. The van der Waals surface area contributed by atoms with Crippen LogP contribution < -0.4 is 10.1 Å². The van der Waals surface area contributed by atoms with Crippen LogP contribution in [-0.4, -0.2) is 29.0 Å². The zero-order valence-corrected chi connectivity index (χ0v) is 18.1. The van der Waals surface area contributed by atoms with Gasteiger partial charge in [-0.05, 0) is 42.9 Å². The number of methoxy groups -OCH3 is 1. The molecule has 1 atom stereocenters. The van der Waals surface area contributed by atoms with Gasteiger partial charge in [0, 0.05) is 17.0 Å². The number of aromatic nitrogens is 2. The van der Waals surface area contributed by atoms with Crippen LogP contribution in [0.3, 0.4) is 0 Å². The molecule has 1 aliphatic carbocycles. The summed E-state index contributed by atoms with van der Waals surface area (Å²) in [6.45, 7) is 2.71. The molecule has 0 radical (unpaired) electrons. The van der Waals surface area contributed by atoms with Crippen LogP contribution in [0, 0.1) is 5.92 Å². The Bertz CT molecular complexity index is 999. The van der Waals surface area contributed by atoms with Crippen molar-refractivity contribution in [2.75, 3.05) is 12.9 Å². The molecule has 6 nitrogen and oxygen atoms in total. The lowest BCUT2D eigenvalue weighted by atomic mass is 9.90. The Morgan fingerprint density at radius 3 is 3.10 bits per heavy atom. The number of nitrogens with one attached hydrogen (secondary N) is 1. The van der Waals surface area contributed by atoms with Crippen molar-refractivity contribution in [1.29, 1.82) is 0 Å². The molecule has 1 amide bonds. The Morgan fingerprint density at radius 2 is 2.24 bits per heavy atom. The molecular weight excluding hydrogens is 406 g/mol. The lowest BCUT2D eigenvalue weighted by Crippen LogP contribution is -2.24. The van der Waals surface area contributed by atoms with Crippen LogP contribution in [0.25, 0.3) is 10.8 Å². The summed E-state index contributed by atoms with van der Waals surface area (Å²) in [5.41, 5.74) is 2.34. The second-order valence-electron chi connectivity index (χ2n) is 7.16. The van der Waals surface area contributed by atoms with Crippen molar-refractivity contribution in [3.05, 3.63) is 46.3 Å². The third-order valence-electron chi connectivity index (χ3n) is 4.94. The molecule has 0 saturated heterocycles. The molecular formula is C21H23N3O3S2. The van der Waals surface area contributed by atoms with Crippen molar-refractivity contribution >= 4 is 29.0 Å². The molecule has 2 aromatic heterocycles. The minimum atomic E-state index is -0.0961. The summed E-state index contributed by atoms with van der Waals surface area (Å²) < 4.78 is 11.1. The molecule has 0 fully saturated rings. The quantitative estimate of drug-likeness (QED) is 0.563. The van der Waals surface area contributed by atoms with Crippen LogP contribution in [0.4, 0.5) is 0 Å². The van der Waals surface area contributed by atoms with Gasteiger partial charge in [-0.2, -0.15) is 0 Å². The third kappa shape index (κ3) is 4.82. The number of amides is 1. The van der Waals surface area contributed by atoms with E-state index in [1.807, 2.05) is 24.3 Å². The average Bonchev–Trinajstić information content (AvgIpc) is 3.37. The fraction of sp³-hybridized carbons (Fsp3) is 0.381. The predicted molar refractivity (Wildman–Crippen MR) is 114 cm³/mol. The maximum absolute atomic E-state index is 12.2. The minimum absolute atomic E-state index is 0.0961. The summed E-state index contributed by atoms with van der Waals surface area (Å²) in [7, 11) is 1.62. The van der Waals surface area contributed by atoms with E-state index in [4.69, 9.17) is 9.15 Å². The topological polar surface area (TPSA) is 77.2 Å². The van der Waals surface area contributed by atoms with E-state index in [1.165, 1.54) is 28.6 Å². The van der Waals surface area contributed by atoms with E-state index in [0.29, 0.717) is 17.7 Å². The number of hydrogen-bond donors (Lipinski definition) is 1. The van der Waals surface area contributed by atoms with Crippen molar-refractivity contribution < 1.29 is 13.9 Å². The molecule has 0 spiro atoms. The second kappa shape index (κ2) is 9.00. The fourth-order valence-electron chi connectivity index (χ4n) is 3.40. The minimum Gasteiger partial charge on any atom is -0.496 e. The molecule has 1 aliphatic rings. The van der Waals surface area contributed by atoms with Gasteiger partial charge < -0.3 is 14.5 Å². The zero-order valence-electron chi connectivity index (χ0n) is 16.4. The van der Waals surface area contributed by atoms with Gasteiger partial charge in [-0.25, -0.2) is 0 Å². The van der Waals surface area contributed by atoms with Gasteiger partial charge in [0.05, 0.1) is 17.7 Å². The van der Waals surface area contributed by atoms with E-state index < -0.39 is 0 Å². The first kappa shape index (κ1) is 20.0. The monoisotopic (exact) mass is 429 g/mol. The van der Waals surface area contributed by atoms with E-state index in [-0.39, 0.29) is 11.7 Å². The smallest absolute Gasteiger partial charge is 0.277 e. The van der Waals surface area contributed by atoms with Crippen molar-refractivity contribution in [3.63, 3.8) is 0 Å². The highest BCUT2D eigenvalue weighted by molar-refractivity contribution is 7.99. The molecule has 152 valence electrons. The summed E-state index contributed by atoms with van der Waals surface area (Å²) in [6, 6.07) is 9.80. The maximum Gasteiger partial charge on any atom is 0.277 e. The Hall–Kier alpha value is -2.32. The molecule has 1 N–H and O–H groups in total. The number of thiophene rings is 1. The molecule has 8 heteroatoms. The SMILES string of the molecule is COc1ccccc1CNC(=O)CSc1nnc(-c2cc3c(s2)CCC(C)C3)o1. The zero-order chi connectivity index (χ0) is 20.2. The number of nitrogens with zero attached hydrogens (tertiary/aromatic N) is 2. The van der Waals surface area contributed by atoms with Crippen LogP contribution in [0.2, 0.25) is 0 Å². The number of hydrogen-bond acceptors (Lipinski definition) is 7. The first-order chi connectivity index (χ1) is 14.1. The summed E-state index contributed by atoms with van der Waals surface area (Å²) in [6.07, 6.45) is 3.49. The van der Waals surface area contributed by atoms with E-state index in [2.05, 4.69) is 28.5 Å². The van der Waals surface area contributed by atoms with Crippen LogP contribution in [0.1, 0.15) is 29.3 Å². The number of ether oxygens (including phenoxy) is 1. The van der Waals surface area contributed by atoms with Gasteiger partial charge in [0.15, 0.2) is 0 Å². The van der Waals surface area contributed by atoms with E-state index in [9.17, 15) is 4.79 Å². The van der Waals surface area contributed by atoms with E-state index in [1.54, 1.807) is 18.4 Å². The Morgan fingerprint density at radius 1 is 1.38 bits per heavy atom. The lowest BCUT2D eigenvalue weighted by Gasteiger charge is -2.16. The summed E-state index contributed by atoms with van der Waals surface area (Å²) in [5.74, 6) is 2.15. The summed E-state index contributed by atoms with van der Waals surface area (Å²) >= 11 is 2.99. The van der Waals surface area contributed by atoms with Gasteiger partial charge in [0.25, 0.3) is 11.1 Å². The van der Waals surface area contributed by atoms with E-state index >= 15 is 0 Å². The fourth-order valence-corrected chi connectivity index (χ4v) is 5.12. The first-order valence-corrected chi connectivity index (χ1v) is 11.4. The molecule has 29 heavy (non-hydrogen) atoms. The number of fused-ring (bicyclic) bond motifs is 1. The molecule has 0 bridgehead atoms. The van der Waals surface area contributed by atoms with Crippen LogP contribution in [0.15, 0.2) is 40.0 Å². The van der Waals surface area contributed by atoms with E-state index in [0.717, 1.165) is 34.9 Å². The number of thioether (sulfide) groups is 1. The Kier molecular flexibility index (Phi) is 6.20. The molecule has 0 aliphatic heterocycles. The summed E-state index contributed by atoms with van der Waals surface area (Å²) in [4.78, 5) is 14.6. The number of rotatable bonds is 7. The van der Waals surface area contributed by atoms with Gasteiger partial charge in [-0.3, -0.25) is 4.79 Å². The molecule has 0 saturated carbocycles. The van der Waals surface area contributed by atoms with Crippen molar-refractivity contribution in [1.82, 2.24) is 15.5 Å². The van der Waals surface area contributed by atoms with Gasteiger partial charge in [-0.1, -0.05) is 36.9 Å². The first-order valence-electron chi connectivity index (χ1n) is 9.59. The molecule has 4 rings (SSSR count). The highest BCUT2D eigenvalue weighted by Crippen LogP contribution is 2.37. The maximum atomic E-state index is 12.2. The highest BCUT2D eigenvalue weighted by Gasteiger charge is 2.21. The van der Waals surface area contributed by atoms with Crippen molar-refractivity contribution in [2.24, 2.45) is 5.92 Å². The molecule has 3 aromatic rings. The third-order valence-corrected chi connectivity index (χ3v) is 6.99. The van der Waals surface area contributed by atoms with Crippen LogP contribution in [0.5, 0.6) is 5.75 Å². The van der Waals surface area contributed by atoms with Gasteiger partial charge in [0.1, 0.15) is 5.75 Å². The number of para-hydroxylation sites is 1. The highest BCUT2D eigenvalue weighted by atomic mass is 32.2. The number of carbonyl (C=O) groups is 1. The van der Waals surface area contributed by atoms with Crippen LogP contribution >= 0.6 is 23.1 Å². The molecule has 1 aromatic carbocycles. The standard InChI is InChI=1S/C21H23N3O3S2/c1-13-7-8-17-15(9-13)10-18(29-17)20-23-24-21(27-20)28-12-19(25)22-11-14-5-3-4-6-16(14)26-2/h3-6,10,13H,7-9,11-12H2,1-2H3,(H,22,25). The lowest BCUT2D eigenvalue weighted by molar-refractivity contribution is -0.118. The Balaban J connectivity index is 1.31. The molecule has 2 heterocycles. The van der Waals surface area contributed by atoms with Crippen LogP contribution in [-0.2, 0) is 24.2 Å². The van der Waals surface area contributed by atoms with Crippen molar-refractivity contribution in [3.8, 4) is 16.5 Å². The van der Waals surface area contributed by atoms with Gasteiger partial charge in [-0.15, -0.1) is 21.5 Å². The normalized spacial score (nSPS) is 15.7. The largest absolute Gasteiger partial charge is 0.496 e. The number of benzene rings is 1. The number of carbonyl (C=O) groups excluding carboxylic acids is 1. The van der Waals surface area contributed by atoms with Gasteiger partial charge in [0.2, 0.25) is 5.91 Å². The summed E-state index contributed by atoms with van der Waals surface area (Å²) in [5, 5.41) is 11.6. The second-order valence-corrected chi connectivity index (χ2v) is 9.22. The van der Waals surface area contributed by atoms with Gasteiger partial charge >= 0.3 is 0 Å².